The van der Waals surface area contributed by atoms with Crippen molar-refractivity contribution in [3.63, 3.8) is 0 Å². The van der Waals surface area contributed by atoms with Crippen LogP contribution in [0.25, 0.3) is 11.0 Å². The fraction of sp³-hybridized carbons (Fsp3) is 0.190. The smallest absolute Gasteiger partial charge is 0.336 e. The summed E-state index contributed by atoms with van der Waals surface area (Å²) >= 11 is 1.45. The molecular weight excluding hydrogens is 392 g/mol. The molecule has 0 saturated heterocycles. The second-order valence-corrected chi connectivity index (χ2v) is 7.22. The fourth-order valence-corrected chi connectivity index (χ4v) is 3.50. The lowest BCUT2D eigenvalue weighted by molar-refractivity contribution is 0.252. The highest BCUT2D eigenvalue weighted by Crippen LogP contribution is 2.25. The van der Waals surface area contributed by atoms with Crippen molar-refractivity contribution in [3.8, 4) is 11.5 Å². The molecule has 0 spiro atoms. The third-order valence-corrected chi connectivity index (χ3v) is 5.14. The third-order valence-electron chi connectivity index (χ3n) is 4.25. The predicted molar refractivity (Wildman–Crippen MR) is 108 cm³/mol. The zero-order valence-corrected chi connectivity index (χ0v) is 16.7. The van der Waals surface area contributed by atoms with Gasteiger partial charge in [0.2, 0.25) is 0 Å². The topological polar surface area (TPSA) is 87.6 Å². The Kier molecular flexibility index (Phi) is 5.53. The Bertz CT molecular complexity index is 1180. The van der Waals surface area contributed by atoms with Gasteiger partial charge in [0, 0.05) is 23.3 Å². The van der Waals surface area contributed by atoms with Gasteiger partial charge in [0.05, 0.1) is 7.11 Å². The van der Waals surface area contributed by atoms with E-state index in [2.05, 4.69) is 10.2 Å². The average molecular weight is 410 g/mol. The molecule has 0 saturated carbocycles. The number of hydrogen-bond acceptors (Lipinski definition) is 8. The van der Waals surface area contributed by atoms with Crippen molar-refractivity contribution in [1.82, 2.24) is 10.2 Å². The average Bonchev–Trinajstić information content (AvgIpc) is 3.18. The van der Waals surface area contributed by atoms with Crippen molar-refractivity contribution >= 4 is 22.7 Å². The van der Waals surface area contributed by atoms with Crippen molar-refractivity contribution in [2.24, 2.45) is 0 Å². The van der Waals surface area contributed by atoms with Gasteiger partial charge in [-0.25, -0.2) is 4.79 Å². The van der Waals surface area contributed by atoms with E-state index < -0.39 is 0 Å². The molecule has 0 fully saturated rings. The second kappa shape index (κ2) is 8.40. The van der Waals surface area contributed by atoms with Gasteiger partial charge in [0.1, 0.15) is 17.1 Å². The quantitative estimate of drug-likeness (QED) is 0.328. The van der Waals surface area contributed by atoms with Crippen molar-refractivity contribution in [3.05, 3.63) is 76.0 Å². The van der Waals surface area contributed by atoms with Crippen LogP contribution in [-0.4, -0.2) is 17.3 Å². The van der Waals surface area contributed by atoms with Gasteiger partial charge >= 0.3 is 5.63 Å². The summed E-state index contributed by atoms with van der Waals surface area (Å²) in [5, 5.41) is 9.38. The van der Waals surface area contributed by atoms with Crippen LogP contribution in [0.5, 0.6) is 11.5 Å². The van der Waals surface area contributed by atoms with Gasteiger partial charge in [-0.2, -0.15) is 0 Å². The molecule has 148 valence electrons. The molecule has 0 radical (unpaired) electrons. The number of benzene rings is 2. The maximum atomic E-state index is 11.5. The summed E-state index contributed by atoms with van der Waals surface area (Å²) in [4.78, 5) is 11.5. The van der Waals surface area contributed by atoms with E-state index in [9.17, 15) is 4.79 Å². The molecule has 2 aromatic carbocycles. The van der Waals surface area contributed by atoms with Crippen LogP contribution in [0, 0.1) is 6.92 Å². The Morgan fingerprint density at radius 2 is 1.79 bits per heavy atom. The molecule has 8 heteroatoms. The lowest BCUT2D eigenvalue weighted by Gasteiger charge is -2.05. The van der Waals surface area contributed by atoms with Crippen molar-refractivity contribution in [1.29, 1.82) is 0 Å². The highest BCUT2D eigenvalue weighted by atomic mass is 32.2. The minimum Gasteiger partial charge on any atom is -0.497 e. The van der Waals surface area contributed by atoms with Gasteiger partial charge in [-0.3, -0.25) is 0 Å². The molecule has 0 aliphatic heterocycles. The number of fused-ring (bicyclic) bond motifs is 1. The van der Waals surface area contributed by atoms with E-state index in [1.165, 1.54) is 17.8 Å². The molecule has 0 bridgehead atoms. The Balaban J connectivity index is 1.36. The first kappa shape index (κ1) is 19.1. The second-order valence-electron chi connectivity index (χ2n) is 6.29. The summed E-state index contributed by atoms with van der Waals surface area (Å²) in [5.74, 6) is 2.44. The van der Waals surface area contributed by atoms with Crippen molar-refractivity contribution < 1.29 is 18.3 Å². The molecule has 4 rings (SSSR count). The number of aromatic nitrogens is 2. The number of ether oxygens (including phenoxy) is 2. The van der Waals surface area contributed by atoms with Gasteiger partial charge in [0.25, 0.3) is 11.1 Å². The molecule has 29 heavy (non-hydrogen) atoms. The third kappa shape index (κ3) is 4.60. The minimum atomic E-state index is -0.387. The van der Waals surface area contributed by atoms with Crippen LogP contribution in [0.3, 0.4) is 0 Å². The first-order chi connectivity index (χ1) is 14.1. The van der Waals surface area contributed by atoms with Crippen LogP contribution in [0.2, 0.25) is 0 Å². The maximum Gasteiger partial charge on any atom is 0.336 e. The molecule has 0 N–H and O–H groups in total. The number of nitrogens with zero attached hydrogens (tertiary/aromatic N) is 2. The van der Waals surface area contributed by atoms with Gasteiger partial charge in [0.15, 0.2) is 6.61 Å². The van der Waals surface area contributed by atoms with E-state index in [0.29, 0.717) is 28.2 Å². The van der Waals surface area contributed by atoms with E-state index in [1.807, 2.05) is 43.3 Å². The molecule has 0 amide bonds. The Morgan fingerprint density at radius 3 is 2.59 bits per heavy atom. The first-order valence-corrected chi connectivity index (χ1v) is 9.85. The fourth-order valence-electron chi connectivity index (χ4n) is 2.76. The van der Waals surface area contributed by atoms with Crippen molar-refractivity contribution in [2.45, 2.75) is 24.5 Å². The molecule has 4 aromatic rings. The highest BCUT2D eigenvalue weighted by molar-refractivity contribution is 7.98. The van der Waals surface area contributed by atoms with Gasteiger partial charge in [-0.05, 0) is 42.3 Å². The molecule has 0 aliphatic rings. The molecule has 0 atom stereocenters. The molecular formula is C21H18N2O5S. The van der Waals surface area contributed by atoms with Crippen molar-refractivity contribution in [2.75, 3.05) is 7.11 Å². The number of rotatable bonds is 7. The van der Waals surface area contributed by atoms with Crippen LogP contribution in [0.1, 0.15) is 17.0 Å². The zero-order chi connectivity index (χ0) is 20.2. The summed E-state index contributed by atoms with van der Waals surface area (Å²) in [5.41, 5.74) is 2.08. The number of methoxy groups -OCH3 is 1. The minimum absolute atomic E-state index is 0.123. The molecule has 0 aliphatic carbocycles. The Morgan fingerprint density at radius 1 is 1.00 bits per heavy atom. The Labute approximate surface area is 170 Å². The summed E-state index contributed by atoms with van der Waals surface area (Å²) in [6.07, 6.45) is 0. The molecule has 0 unspecified atom stereocenters. The van der Waals surface area contributed by atoms with E-state index in [-0.39, 0.29) is 12.2 Å². The predicted octanol–water partition coefficient (Wildman–Crippen LogP) is 4.36. The lowest BCUT2D eigenvalue weighted by atomic mass is 10.1. The summed E-state index contributed by atoms with van der Waals surface area (Å²) in [7, 11) is 1.64. The SMILES string of the molecule is COc1ccc(CSc2nnc(COc3ccc4c(C)cc(=O)oc4c3)o2)cc1. The van der Waals surface area contributed by atoms with Crippen LogP contribution < -0.4 is 15.1 Å². The highest BCUT2D eigenvalue weighted by Gasteiger charge is 2.09. The molecule has 2 heterocycles. The summed E-state index contributed by atoms with van der Waals surface area (Å²) in [6.45, 7) is 1.99. The first-order valence-electron chi connectivity index (χ1n) is 8.86. The van der Waals surface area contributed by atoms with Crippen LogP contribution in [0.4, 0.5) is 0 Å². The van der Waals surface area contributed by atoms with Crippen LogP contribution in [-0.2, 0) is 12.4 Å². The largest absolute Gasteiger partial charge is 0.497 e. The van der Waals surface area contributed by atoms with Crippen LogP contribution in [0.15, 0.2) is 67.4 Å². The molecule has 7 nitrogen and oxygen atoms in total. The zero-order valence-electron chi connectivity index (χ0n) is 15.9. The lowest BCUT2D eigenvalue weighted by Crippen LogP contribution is -1.99. The standard InChI is InChI=1S/C21H18N2O5S/c1-13-9-20(24)27-18-10-16(7-8-17(13)18)26-11-19-22-23-21(28-19)29-12-14-3-5-15(25-2)6-4-14/h3-10H,11-12H2,1-2H3. The Hall–Kier alpha value is -3.26. The van der Waals surface area contributed by atoms with E-state index in [0.717, 1.165) is 22.3 Å². The number of aryl methyl sites for hydroxylation is 1. The summed E-state index contributed by atoms with van der Waals surface area (Å²) < 4.78 is 21.7. The molecule has 2 aromatic heterocycles. The summed E-state index contributed by atoms with van der Waals surface area (Å²) in [6, 6.07) is 14.6. The maximum absolute atomic E-state index is 11.5. The van der Waals surface area contributed by atoms with Gasteiger partial charge < -0.3 is 18.3 Å². The van der Waals surface area contributed by atoms with Gasteiger partial charge in [-0.15, -0.1) is 10.2 Å². The monoisotopic (exact) mass is 410 g/mol. The van der Waals surface area contributed by atoms with E-state index in [1.54, 1.807) is 13.2 Å². The van der Waals surface area contributed by atoms with E-state index in [4.69, 9.17) is 18.3 Å². The van der Waals surface area contributed by atoms with E-state index >= 15 is 0 Å². The normalized spacial score (nSPS) is 11.0. The number of thioether (sulfide) groups is 1. The van der Waals surface area contributed by atoms with Gasteiger partial charge in [-0.1, -0.05) is 23.9 Å². The number of hydrogen-bond donors (Lipinski definition) is 0. The van der Waals surface area contributed by atoms with Crippen LogP contribution >= 0.6 is 11.8 Å².